The van der Waals surface area contributed by atoms with Crippen LogP contribution in [0.15, 0.2) is 0 Å². The number of carbonyl (C=O) groups excluding carboxylic acids is 1. The van der Waals surface area contributed by atoms with Gasteiger partial charge in [-0.05, 0) is 12.3 Å². The van der Waals surface area contributed by atoms with Gasteiger partial charge in [0.1, 0.15) is 6.04 Å². The highest BCUT2D eigenvalue weighted by molar-refractivity contribution is 5.89. The Morgan fingerprint density at radius 3 is 2.73 bits per heavy atom. The molecule has 1 heterocycles. The number of hydrogen-bond donors (Lipinski definition) is 2. The predicted molar refractivity (Wildman–Crippen MR) is 56.4 cm³/mol. The van der Waals surface area contributed by atoms with Gasteiger partial charge in [0.2, 0.25) is 5.91 Å². The minimum absolute atomic E-state index is 0.145. The average Bonchev–Trinajstić information content (AvgIpc) is 2.39. The molecule has 0 aliphatic carbocycles. The van der Waals surface area contributed by atoms with Gasteiger partial charge in [0.25, 0.3) is 0 Å². The number of carboxylic acid groups (broad SMARTS) is 1. The molecule has 1 saturated heterocycles. The van der Waals surface area contributed by atoms with Gasteiger partial charge in [0.05, 0.1) is 0 Å². The molecule has 0 bridgehead atoms. The second kappa shape index (κ2) is 4.21. The topological polar surface area (TPSA) is 66.4 Å². The maximum atomic E-state index is 11.2. The summed E-state index contributed by atoms with van der Waals surface area (Å²) >= 11 is 0. The maximum Gasteiger partial charge on any atom is 0.326 e. The first-order valence-corrected chi connectivity index (χ1v) is 5.37. The van der Waals surface area contributed by atoms with Crippen LogP contribution >= 0.6 is 0 Å². The highest BCUT2D eigenvalue weighted by Crippen LogP contribution is 2.37. The van der Waals surface area contributed by atoms with Crippen molar-refractivity contribution in [3.63, 3.8) is 0 Å². The Balaban J connectivity index is 2.71. The fraction of sp³-hybridized carbons (Fsp3) is 0.818. The van der Waals surface area contributed by atoms with Gasteiger partial charge in [-0.1, -0.05) is 27.2 Å². The molecule has 0 aromatic rings. The summed E-state index contributed by atoms with van der Waals surface area (Å²) in [6, 6.07) is -0.719. The molecule has 4 nitrogen and oxygen atoms in total. The lowest BCUT2D eigenvalue weighted by atomic mass is 9.77. The lowest BCUT2D eigenvalue weighted by Gasteiger charge is -2.27. The van der Waals surface area contributed by atoms with Crippen molar-refractivity contribution in [2.45, 2.75) is 46.1 Å². The van der Waals surface area contributed by atoms with Crippen LogP contribution in [0.3, 0.4) is 0 Å². The number of carboxylic acids is 1. The van der Waals surface area contributed by atoms with E-state index in [9.17, 15) is 9.59 Å². The molecule has 0 spiro atoms. The van der Waals surface area contributed by atoms with E-state index in [1.807, 2.05) is 6.92 Å². The molecule has 2 atom stereocenters. The van der Waals surface area contributed by atoms with Gasteiger partial charge >= 0.3 is 5.97 Å². The molecule has 0 radical (unpaired) electrons. The van der Waals surface area contributed by atoms with Crippen LogP contribution in [0.4, 0.5) is 0 Å². The van der Waals surface area contributed by atoms with Gasteiger partial charge in [-0.15, -0.1) is 0 Å². The fourth-order valence-electron chi connectivity index (χ4n) is 2.07. The van der Waals surface area contributed by atoms with Gasteiger partial charge in [0, 0.05) is 11.8 Å². The lowest BCUT2D eigenvalue weighted by Crippen LogP contribution is -2.42. The van der Waals surface area contributed by atoms with Crippen LogP contribution in [-0.4, -0.2) is 23.0 Å². The molecule has 0 saturated carbocycles. The zero-order chi connectivity index (χ0) is 11.6. The van der Waals surface area contributed by atoms with Crippen molar-refractivity contribution < 1.29 is 14.7 Å². The van der Waals surface area contributed by atoms with Crippen LogP contribution in [0.1, 0.15) is 40.0 Å². The maximum absolute atomic E-state index is 11.2. The zero-order valence-electron chi connectivity index (χ0n) is 9.54. The summed E-state index contributed by atoms with van der Waals surface area (Å²) in [7, 11) is 0. The van der Waals surface area contributed by atoms with Crippen molar-refractivity contribution in [3.05, 3.63) is 0 Å². The summed E-state index contributed by atoms with van der Waals surface area (Å²) in [6.45, 7) is 6.08. The van der Waals surface area contributed by atoms with E-state index in [0.29, 0.717) is 12.3 Å². The molecule has 0 aromatic heterocycles. The number of rotatable bonds is 4. The number of aliphatic carboxylic acids is 1. The van der Waals surface area contributed by atoms with E-state index >= 15 is 0 Å². The van der Waals surface area contributed by atoms with E-state index in [1.54, 1.807) is 0 Å². The second-order valence-electron chi connectivity index (χ2n) is 5.10. The van der Waals surface area contributed by atoms with Crippen LogP contribution in [-0.2, 0) is 9.59 Å². The molecule has 86 valence electrons. The first kappa shape index (κ1) is 12.0. The first-order valence-electron chi connectivity index (χ1n) is 5.37. The Labute approximate surface area is 90.0 Å². The number of hydrogen-bond acceptors (Lipinski definition) is 2. The third kappa shape index (κ3) is 2.70. The van der Waals surface area contributed by atoms with Gasteiger partial charge in [-0.2, -0.15) is 0 Å². The van der Waals surface area contributed by atoms with Crippen LogP contribution in [0.5, 0.6) is 0 Å². The SMILES string of the molecule is CC(C)CCC1(C)CC(=O)NC1C(=O)O. The Hall–Kier alpha value is -1.06. The molecular formula is C11H19NO3. The Bertz CT molecular complexity index is 275. The zero-order valence-corrected chi connectivity index (χ0v) is 9.54. The smallest absolute Gasteiger partial charge is 0.326 e. The molecule has 1 aliphatic heterocycles. The monoisotopic (exact) mass is 213 g/mol. The Morgan fingerprint density at radius 2 is 2.27 bits per heavy atom. The summed E-state index contributed by atoms with van der Waals surface area (Å²) in [4.78, 5) is 22.2. The average molecular weight is 213 g/mol. The summed E-state index contributed by atoms with van der Waals surface area (Å²) in [5.41, 5.74) is -0.423. The molecule has 15 heavy (non-hydrogen) atoms. The van der Waals surface area contributed by atoms with Crippen LogP contribution in [0.2, 0.25) is 0 Å². The van der Waals surface area contributed by atoms with Gasteiger partial charge in [-0.3, -0.25) is 4.79 Å². The quantitative estimate of drug-likeness (QED) is 0.741. The van der Waals surface area contributed by atoms with Crippen molar-refractivity contribution in [2.75, 3.05) is 0 Å². The summed E-state index contributed by atoms with van der Waals surface area (Å²) in [5, 5.41) is 11.5. The molecule has 4 heteroatoms. The highest BCUT2D eigenvalue weighted by Gasteiger charge is 2.46. The number of nitrogens with one attached hydrogen (secondary N) is 1. The summed E-state index contributed by atoms with van der Waals surface area (Å²) < 4.78 is 0. The van der Waals surface area contributed by atoms with E-state index in [0.717, 1.165) is 12.8 Å². The predicted octanol–water partition coefficient (Wildman–Crippen LogP) is 1.40. The highest BCUT2D eigenvalue weighted by atomic mass is 16.4. The van der Waals surface area contributed by atoms with Gasteiger partial charge in [0.15, 0.2) is 0 Å². The minimum atomic E-state index is -0.924. The second-order valence-corrected chi connectivity index (χ2v) is 5.10. The van der Waals surface area contributed by atoms with E-state index in [-0.39, 0.29) is 5.91 Å². The molecule has 1 fully saturated rings. The van der Waals surface area contributed by atoms with E-state index in [4.69, 9.17) is 5.11 Å². The van der Waals surface area contributed by atoms with Crippen molar-refractivity contribution >= 4 is 11.9 Å². The Morgan fingerprint density at radius 1 is 1.67 bits per heavy atom. The van der Waals surface area contributed by atoms with Gasteiger partial charge in [-0.25, -0.2) is 4.79 Å². The Kier molecular flexibility index (Phi) is 3.37. The summed E-state index contributed by atoms with van der Waals surface area (Å²) in [6.07, 6.45) is 2.06. The molecular weight excluding hydrogens is 194 g/mol. The van der Waals surface area contributed by atoms with Crippen molar-refractivity contribution in [3.8, 4) is 0 Å². The van der Waals surface area contributed by atoms with Crippen LogP contribution in [0.25, 0.3) is 0 Å². The number of amides is 1. The van der Waals surface area contributed by atoms with Crippen LogP contribution < -0.4 is 5.32 Å². The van der Waals surface area contributed by atoms with Crippen molar-refractivity contribution in [1.82, 2.24) is 5.32 Å². The molecule has 1 rings (SSSR count). The van der Waals surface area contributed by atoms with Gasteiger partial charge < -0.3 is 10.4 Å². The van der Waals surface area contributed by atoms with Crippen molar-refractivity contribution in [2.24, 2.45) is 11.3 Å². The molecule has 2 N–H and O–H groups in total. The standard InChI is InChI=1S/C11H19NO3/c1-7(2)4-5-11(3)6-8(13)12-9(11)10(14)15/h7,9H,4-6H2,1-3H3,(H,12,13)(H,14,15). The normalized spacial score (nSPS) is 30.7. The van der Waals surface area contributed by atoms with E-state index < -0.39 is 17.4 Å². The molecule has 2 unspecified atom stereocenters. The summed E-state index contributed by atoms with van der Waals surface area (Å²) in [5.74, 6) is -0.535. The minimum Gasteiger partial charge on any atom is -0.480 e. The fourth-order valence-corrected chi connectivity index (χ4v) is 2.07. The number of carbonyl (C=O) groups is 2. The molecule has 1 amide bonds. The third-order valence-electron chi connectivity index (χ3n) is 3.11. The van der Waals surface area contributed by atoms with Crippen molar-refractivity contribution in [1.29, 1.82) is 0 Å². The van der Waals surface area contributed by atoms with E-state index in [2.05, 4.69) is 19.2 Å². The molecule has 1 aliphatic rings. The lowest BCUT2D eigenvalue weighted by molar-refractivity contribution is -0.142. The molecule has 0 aromatic carbocycles. The third-order valence-corrected chi connectivity index (χ3v) is 3.11. The largest absolute Gasteiger partial charge is 0.480 e. The van der Waals surface area contributed by atoms with E-state index in [1.165, 1.54) is 0 Å². The van der Waals surface area contributed by atoms with Crippen LogP contribution in [0, 0.1) is 11.3 Å². The first-order chi connectivity index (χ1) is 6.85.